The first-order valence-corrected chi connectivity index (χ1v) is 3.43. The summed E-state index contributed by atoms with van der Waals surface area (Å²) in [6.07, 6.45) is 4.25. The van der Waals surface area contributed by atoms with Gasteiger partial charge in [-0.05, 0) is 12.8 Å². The molecule has 0 aromatic rings. The zero-order valence-corrected chi connectivity index (χ0v) is 5.34. The largest absolute Gasteiger partial charge is 0.446 e. The zero-order chi connectivity index (χ0) is 6.10. The number of hydrogen-bond acceptors (Lipinski definition) is 2. The van der Waals surface area contributed by atoms with Gasteiger partial charge in [0.15, 0.2) is 0 Å². The molecule has 0 radical (unpaired) electrons. The van der Waals surface area contributed by atoms with Gasteiger partial charge in [0.25, 0.3) is 0 Å². The molecule has 1 N–H and O–H groups in total. The Labute approximate surface area is 54.3 Å². The summed E-state index contributed by atoms with van der Waals surface area (Å²) in [5, 5.41) is 5.31. The third-order valence-electron chi connectivity index (χ3n) is 1.97. The Morgan fingerprint density at radius 1 is 1.67 bits per heavy atom. The Morgan fingerprint density at radius 2 is 2.67 bits per heavy atom. The van der Waals surface area contributed by atoms with Crippen LogP contribution in [0, 0.1) is 0 Å². The maximum atomic E-state index is 5.11. The number of hydrogen-bond donors (Lipinski definition) is 1. The Kier molecular flexibility index (Phi) is 1.07. The number of ether oxygens (including phenoxy) is 1. The lowest BCUT2D eigenvalue weighted by Crippen LogP contribution is -2.85. The first kappa shape index (κ1) is 5.09. The van der Waals surface area contributed by atoms with Crippen molar-refractivity contribution in [3.63, 3.8) is 0 Å². The van der Waals surface area contributed by atoms with Crippen LogP contribution in [0.25, 0.3) is 0 Å². The van der Waals surface area contributed by atoms with Crippen LogP contribution >= 0.6 is 0 Å². The molecule has 0 spiro atoms. The van der Waals surface area contributed by atoms with Crippen LogP contribution in [-0.2, 0) is 4.74 Å². The van der Waals surface area contributed by atoms with Crippen molar-refractivity contribution in [2.75, 3.05) is 13.2 Å². The van der Waals surface area contributed by atoms with Gasteiger partial charge in [-0.15, -0.1) is 5.10 Å². The number of nitrogens with one attached hydrogen (secondary N) is 1. The fourth-order valence-corrected chi connectivity index (χ4v) is 1.44. The van der Waals surface area contributed by atoms with Crippen molar-refractivity contribution >= 4 is 6.40 Å². The van der Waals surface area contributed by atoms with E-state index in [1.165, 1.54) is 19.4 Å². The molecular formula is C6H11N2O+. The van der Waals surface area contributed by atoms with Gasteiger partial charge >= 0.3 is 6.40 Å². The van der Waals surface area contributed by atoms with E-state index in [1.807, 2.05) is 0 Å². The number of fused-ring (bicyclic) bond motifs is 1. The number of hydrazone groups is 1. The third kappa shape index (κ3) is 0.763. The van der Waals surface area contributed by atoms with E-state index in [0.29, 0.717) is 6.04 Å². The third-order valence-corrected chi connectivity index (χ3v) is 1.97. The Bertz CT molecular complexity index is 135. The van der Waals surface area contributed by atoms with Crippen molar-refractivity contribution in [2.24, 2.45) is 0 Å². The maximum Gasteiger partial charge on any atom is 0.350 e. The van der Waals surface area contributed by atoms with E-state index in [1.54, 1.807) is 6.40 Å². The quantitative estimate of drug-likeness (QED) is 0.429. The van der Waals surface area contributed by atoms with Crippen molar-refractivity contribution in [3.8, 4) is 0 Å². The van der Waals surface area contributed by atoms with Crippen LogP contribution < -0.4 is 5.10 Å². The van der Waals surface area contributed by atoms with Crippen molar-refractivity contribution in [2.45, 2.75) is 18.9 Å². The molecule has 1 atom stereocenters. The smallest absolute Gasteiger partial charge is 0.350 e. The Hall–Kier alpha value is -0.730. The molecule has 0 aliphatic carbocycles. The van der Waals surface area contributed by atoms with E-state index in [2.05, 4.69) is 10.1 Å². The van der Waals surface area contributed by atoms with Crippen molar-refractivity contribution < 1.29 is 9.84 Å². The molecule has 0 aromatic carbocycles. The van der Waals surface area contributed by atoms with E-state index in [9.17, 15) is 0 Å². The van der Waals surface area contributed by atoms with Gasteiger partial charge in [-0.1, -0.05) is 0 Å². The first-order chi connectivity index (χ1) is 4.47. The summed E-state index contributed by atoms with van der Waals surface area (Å²) in [4.78, 5) is 0. The summed E-state index contributed by atoms with van der Waals surface area (Å²) >= 11 is 0. The lowest BCUT2D eigenvalue weighted by atomic mass is 10.2. The van der Waals surface area contributed by atoms with Crippen LogP contribution in [0.3, 0.4) is 0 Å². The molecule has 0 bridgehead atoms. The predicted molar refractivity (Wildman–Crippen MR) is 32.7 cm³/mol. The number of rotatable bonds is 0. The SMILES string of the molecule is C1=[NH+]N2CCCC2CO1. The van der Waals surface area contributed by atoms with E-state index in [4.69, 9.17) is 4.74 Å². The van der Waals surface area contributed by atoms with Gasteiger partial charge in [0.1, 0.15) is 12.6 Å². The van der Waals surface area contributed by atoms with Gasteiger partial charge in [-0.25, -0.2) is 0 Å². The van der Waals surface area contributed by atoms with E-state index < -0.39 is 0 Å². The molecule has 0 saturated carbocycles. The van der Waals surface area contributed by atoms with Crippen LogP contribution in [0.5, 0.6) is 0 Å². The van der Waals surface area contributed by atoms with Crippen LogP contribution in [0.4, 0.5) is 0 Å². The molecule has 2 aliphatic rings. The molecule has 50 valence electrons. The lowest BCUT2D eigenvalue weighted by Gasteiger charge is -2.17. The van der Waals surface area contributed by atoms with Crippen molar-refractivity contribution in [3.05, 3.63) is 0 Å². The zero-order valence-electron chi connectivity index (χ0n) is 5.34. The summed E-state index contributed by atoms with van der Waals surface area (Å²) in [7, 11) is 0. The average molecular weight is 127 g/mol. The van der Waals surface area contributed by atoms with Crippen molar-refractivity contribution in [1.29, 1.82) is 0 Å². The molecular weight excluding hydrogens is 116 g/mol. The van der Waals surface area contributed by atoms with Gasteiger partial charge in [0.2, 0.25) is 0 Å². The van der Waals surface area contributed by atoms with Crippen molar-refractivity contribution in [1.82, 2.24) is 5.01 Å². The first-order valence-electron chi connectivity index (χ1n) is 3.43. The monoisotopic (exact) mass is 127 g/mol. The van der Waals surface area contributed by atoms with Crippen LogP contribution in [0.1, 0.15) is 12.8 Å². The second kappa shape index (κ2) is 1.90. The highest BCUT2D eigenvalue weighted by Crippen LogP contribution is 2.12. The second-order valence-electron chi connectivity index (χ2n) is 2.57. The summed E-state index contributed by atoms with van der Waals surface area (Å²) < 4.78 is 5.11. The molecule has 2 rings (SSSR count). The van der Waals surface area contributed by atoms with Gasteiger partial charge in [-0.2, -0.15) is 5.01 Å². The van der Waals surface area contributed by atoms with E-state index in [0.717, 1.165) is 6.61 Å². The summed E-state index contributed by atoms with van der Waals surface area (Å²) in [6.45, 7) is 2.04. The molecule has 2 aliphatic heterocycles. The molecule has 0 amide bonds. The Morgan fingerprint density at radius 3 is 3.56 bits per heavy atom. The molecule has 1 unspecified atom stereocenters. The normalized spacial score (nSPS) is 32.0. The molecule has 3 nitrogen and oxygen atoms in total. The molecule has 1 saturated heterocycles. The summed E-state index contributed by atoms with van der Waals surface area (Å²) in [5.41, 5.74) is 0. The molecule has 9 heavy (non-hydrogen) atoms. The van der Waals surface area contributed by atoms with E-state index >= 15 is 0 Å². The fraction of sp³-hybridized carbons (Fsp3) is 0.833. The highest BCUT2D eigenvalue weighted by molar-refractivity contribution is 5.38. The standard InChI is InChI=1S/C6H10N2O/c1-2-6-4-9-5-7-8(6)3-1/h5-6H,1-4H2/p+1. The second-order valence-corrected chi connectivity index (χ2v) is 2.57. The highest BCUT2D eigenvalue weighted by Gasteiger charge is 2.29. The van der Waals surface area contributed by atoms with E-state index in [-0.39, 0.29) is 0 Å². The average Bonchev–Trinajstić information content (AvgIpc) is 2.33. The minimum atomic E-state index is 0.634. The lowest BCUT2D eigenvalue weighted by molar-refractivity contribution is -0.659. The summed E-state index contributed by atoms with van der Waals surface area (Å²) in [6, 6.07) is 0.634. The highest BCUT2D eigenvalue weighted by atomic mass is 16.5. The van der Waals surface area contributed by atoms with Crippen LogP contribution in [0.2, 0.25) is 0 Å². The predicted octanol–water partition coefficient (Wildman–Crippen LogP) is -1.50. The van der Waals surface area contributed by atoms with Gasteiger partial charge in [0.05, 0.1) is 6.54 Å². The molecule has 1 fully saturated rings. The summed E-state index contributed by atoms with van der Waals surface area (Å²) in [5.74, 6) is 0. The minimum Gasteiger partial charge on any atom is -0.446 e. The van der Waals surface area contributed by atoms with Crippen LogP contribution in [-0.4, -0.2) is 30.6 Å². The minimum absolute atomic E-state index is 0.634. The van der Waals surface area contributed by atoms with Gasteiger partial charge in [0, 0.05) is 0 Å². The topological polar surface area (TPSA) is 26.4 Å². The molecule has 2 heterocycles. The fourth-order valence-electron chi connectivity index (χ4n) is 1.44. The molecule has 3 heteroatoms. The number of nitrogens with zero attached hydrogens (tertiary/aromatic N) is 1. The Balaban J connectivity index is 2.10. The maximum absolute atomic E-state index is 5.11. The number of hydrazine groups is 1. The van der Waals surface area contributed by atoms with Crippen LogP contribution in [0.15, 0.2) is 0 Å². The van der Waals surface area contributed by atoms with Gasteiger partial charge in [-0.3, -0.25) is 0 Å². The molecule has 0 aromatic heterocycles. The van der Waals surface area contributed by atoms with Gasteiger partial charge < -0.3 is 4.74 Å².